The van der Waals surface area contributed by atoms with Gasteiger partial charge >= 0.3 is 0 Å². The highest BCUT2D eigenvalue weighted by molar-refractivity contribution is 5.78. The molecule has 0 aliphatic carbocycles. The molecular weight excluding hydrogens is 208 g/mol. The zero-order chi connectivity index (χ0) is 12.8. The second-order valence-corrected chi connectivity index (χ2v) is 5.07. The van der Waals surface area contributed by atoms with E-state index in [0.717, 1.165) is 32.1 Å². The summed E-state index contributed by atoms with van der Waals surface area (Å²) in [6.45, 7) is 6.06. The molecule has 1 nitrogen and oxygen atoms in total. The molecule has 101 valence electrons. The number of Topliss-reactive ketones (excluding diaryl/α,β-unsaturated/α-hetero) is 1. The molecule has 1 radical (unpaired) electrons. The molecule has 0 rings (SSSR count). The number of unbranched alkanes of at least 4 members (excludes halogenated alkanes) is 9. The standard InChI is InChI=1S/C16H31O/c1-3-5-7-9-11-13-15-16(17)14-12-10-8-6-4-2/h2-15H2,1H3. The molecule has 0 aromatic carbocycles. The number of ketones is 1. The summed E-state index contributed by atoms with van der Waals surface area (Å²) in [6, 6.07) is 0. The molecular formula is C16H31O. The summed E-state index contributed by atoms with van der Waals surface area (Å²) in [4.78, 5) is 11.6. The van der Waals surface area contributed by atoms with Crippen molar-refractivity contribution in [1.29, 1.82) is 0 Å². The van der Waals surface area contributed by atoms with Gasteiger partial charge in [0.1, 0.15) is 5.78 Å². The van der Waals surface area contributed by atoms with Crippen molar-refractivity contribution in [3.63, 3.8) is 0 Å². The molecule has 0 N–H and O–H groups in total. The van der Waals surface area contributed by atoms with Crippen LogP contribution >= 0.6 is 0 Å². The van der Waals surface area contributed by atoms with Crippen LogP contribution in [0.15, 0.2) is 0 Å². The third-order valence-corrected chi connectivity index (χ3v) is 3.26. The average molecular weight is 239 g/mol. The summed E-state index contributed by atoms with van der Waals surface area (Å²) in [6.07, 6.45) is 15.1. The van der Waals surface area contributed by atoms with Crippen LogP contribution < -0.4 is 0 Å². The van der Waals surface area contributed by atoms with Gasteiger partial charge in [-0.1, -0.05) is 71.6 Å². The molecule has 0 saturated carbocycles. The maximum absolute atomic E-state index is 11.6. The van der Waals surface area contributed by atoms with E-state index >= 15 is 0 Å². The number of hydrogen-bond donors (Lipinski definition) is 0. The van der Waals surface area contributed by atoms with Crippen molar-refractivity contribution >= 4 is 5.78 Å². The highest BCUT2D eigenvalue weighted by Gasteiger charge is 2.01. The van der Waals surface area contributed by atoms with Crippen molar-refractivity contribution in [3.8, 4) is 0 Å². The van der Waals surface area contributed by atoms with Crippen molar-refractivity contribution in [2.75, 3.05) is 0 Å². The second kappa shape index (κ2) is 13.7. The predicted molar refractivity (Wildman–Crippen MR) is 76.1 cm³/mol. The minimum atomic E-state index is 0.482. The van der Waals surface area contributed by atoms with Crippen LogP contribution in [0.2, 0.25) is 0 Å². The molecule has 0 aliphatic heterocycles. The van der Waals surface area contributed by atoms with Crippen LogP contribution in [0.25, 0.3) is 0 Å². The van der Waals surface area contributed by atoms with Crippen molar-refractivity contribution < 1.29 is 4.79 Å². The Labute approximate surface area is 108 Å². The van der Waals surface area contributed by atoms with Crippen LogP contribution in [0.4, 0.5) is 0 Å². The molecule has 0 amide bonds. The Bertz CT molecular complexity index is 163. The van der Waals surface area contributed by atoms with E-state index in [1.807, 2.05) is 0 Å². The van der Waals surface area contributed by atoms with Crippen LogP contribution in [-0.4, -0.2) is 5.78 Å². The Morgan fingerprint density at radius 1 is 0.765 bits per heavy atom. The Kier molecular flexibility index (Phi) is 13.5. The fraction of sp³-hybridized carbons (Fsp3) is 0.875. The van der Waals surface area contributed by atoms with E-state index < -0.39 is 0 Å². The lowest BCUT2D eigenvalue weighted by atomic mass is 10.0. The Balaban J connectivity index is 3.12. The van der Waals surface area contributed by atoms with Gasteiger partial charge in [-0.2, -0.15) is 0 Å². The maximum atomic E-state index is 11.6. The molecule has 0 aromatic rings. The molecule has 0 aromatic heterocycles. The van der Waals surface area contributed by atoms with E-state index in [4.69, 9.17) is 0 Å². The van der Waals surface area contributed by atoms with Crippen LogP contribution in [0, 0.1) is 6.92 Å². The van der Waals surface area contributed by atoms with Crippen molar-refractivity contribution in [3.05, 3.63) is 6.92 Å². The van der Waals surface area contributed by atoms with Crippen LogP contribution in [0.5, 0.6) is 0 Å². The van der Waals surface area contributed by atoms with E-state index in [9.17, 15) is 4.79 Å². The zero-order valence-electron chi connectivity index (χ0n) is 11.8. The topological polar surface area (TPSA) is 17.1 Å². The van der Waals surface area contributed by atoms with Gasteiger partial charge in [-0.05, 0) is 12.8 Å². The maximum Gasteiger partial charge on any atom is 0.132 e. The van der Waals surface area contributed by atoms with Crippen molar-refractivity contribution in [2.45, 2.75) is 90.4 Å². The van der Waals surface area contributed by atoms with Gasteiger partial charge in [-0.3, -0.25) is 4.79 Å². The summed E-state index contributed by atoms with van der Waals surface area (Å²) < 4.78 is 0. The number of carbonyl (C=O) groups is 1. The predicted octanol–water partition coefficient (Wildman–Crippen LogP) is 5.48. The van der Waals surface area contributed by atoms with Crippen LogP contribution in [-0.2, 0) is 4.79 Å². The van der Waals surface area contributed by atoms with Gasteiger partial charge < -0.3 is 0 Å². The quantitative estimate of drug-likeness (QED) is 0.389. The molecule has 0 unspecified atom stereocenters. The molecule has 0 bridgehead atoms. The molecule has 0 saturated heterocycles. The summed E-state index contributed by atoms with van der Waals surface area (Å²) in [5.74, 6) is 0.482. The van der Waals surface area contributed by atoms with Gasteiger partial charge in [0.05, 0.1) is 0 Å². The molecule has 0 heterocycles. The van der Waals surface area contributed by atoms with Gasteiger partial charge in [0.2, 0.25) is 0 Å². The third kappa shape index (κ3) is 13.6. The molecule has 17 heavy (non-hydrogen) atoms. The van der Waals surface area contributed by atoms with Crippen molar-refractivity contribution in [1.82, 2.24) is 0 Å². The highest BCUT2D eigenvalue weighted by Crippen LogP contribution is 2.10. The lowest BCUT2D eigenvalue weighted by molar-refractivity contribution is -0.119. The van der Waals surface area contributed by atoms with Gasteiger partial charge in [0, 0.05) is 12.8 Å². The van der Waals surface area contributed by atoms with Gasteiger partial charge in [-0.15, -0.1) is 0 Å². The largest absolute Gasteiger partial charge is 0.300 e. The first-order chi connectivity index (χ1) is 8.31. The molecule has 0 fully saturated rings. The first-order valence-electron chi connectivity index (χ1n) is 7.62. The molecule has 0 aliphatic rings. The Hall–Kier alpha value is -0.330. The molecule has 0 atom stereocenters. The fourth-order valence-electron chi connectivity index (χ4n) is 2.08. The minimum absolute atomic E-state index is 0.482. The van der Waals surface area contributed by atoms with Crippen LogP contribution in [0.3, 0.4) is 0 Å². The number of rotatable bonds is 13. The van der Waals surface area contributed by atoms with E-state index in [2.05, 4.69) is 13.8 Å². The lowest BCUT2D eigenvalue weighted by Gasteiger charge is -2.02. The fourth-order valence-corrected chi connectivity index (χ4v) is 2.08. The van der Waals surface area contributed by atoms with E-state index in [1.54, 1.807) is 0 Å². The smallest absolute Gasteiger partial charge is 0.132 e. The third-order valence-electron chi connectivity index (χ3n) is 3.26. The van der Waals surface area contributed by atoms with E-state index in [-0.39, 0.29) is 0 Å². The van der Waals surface area contributed by atoms with Gasteiger partial charge in [0.25, 0.3) is 0 Å². The van der Waals surface area contributed by atoms with Gasteiger partial charge in [0.15, 0.2) is 0 Å². The highest BCUT2D eigenvalue weighted by atomic mass is 16.1. The summed E-state index contributed by atoms with van der Waals surface area (Å²) in [5, 5.41) is 0. The first-order valence-corrected chi connectivity index (χ1v) is 7.62. The van der Waals surface area contributed by atoms with Crippen molar-refractivity contribution in [2.24, 2.45) is 0 Å². The Morgan fingerprint density at radius 2 is 1.24 bits per heavy atom. The molecule has 0 spiro atoms. The van der Waals surface area contributed by atoms with Gasteiger partial charge in [-0.25, -0.2) is 0 Å². The number of hydrogen-bond acceptors (Lipinski definition) is 1. The summed E-state index contributed by atoms with van der Waals surface area (Å²) in [5.41, 5.74) is 0. The SMILES string of the molecule is [CH2]CCCCCCC(=O)CCCCCCCC. The Morgan fingerprint density at radius 3 is 1.76 bits per heavy atom. The minimum Gasteiger partial charge on any atom is -0.300 e. The van der Waals surface area contributed by atoms with E-state index in [0.29, 0.717) is 5.78 Å². The lowest BCUT2D eigenvalue weighted by Crippen LogP contribution is -1.97. The average Bonchev–Trinajstić information content (AvgIpc) is 2.33. The molecule has 1 heteroatoms. The first kappa shape index (κ1) is 16.7. The monoisotopic (exact) mass is 239 g/mol. The second-order valence-electron chi connectivity index (χ2n) is 5.07. The van der Waals surface area contributed by atoms with Crippen LogP contribution in [0.1, 0.15) is 90.4 Å². The summed E-state index contributed by atoms with van der Waals surface area (Å²) >= 11 is 0. The number of carbonyl (C=O) groups excluding carboxylic acids is 1. The zero-order valence-corrected chi connectivity index (χ0v) is 11.8. The summed E-state index contributed by atoms with van der Waals surface area (Å²) in [7, 11) is 0. The normalized spacial score (nSPS) is 10.7. The van der Waals surface area contributed by atoms with E-state index in [1.165, 1.54) is 51.4 Å².